The molecule has 1 heterocycles. The SMILES string of the molecule is CC(C)C[C@@H](NS(=O)(=O)c1ncccc1F)C(=O)O. The van der Waals surface area contributed by atoms with E-state index in [4.69, 9.17) is 5.11 Å². The predicted octanol–water partition coefficient (Wildman–Crippen LogP) is 0.998. The van der Waals surface area contributed by atoms with Crippen LogP contribution in [0.15, 0.2) is 23.4 Å². The lowest BCUT2D eigenvalue weighted by atomic mass is 10.1. The Kier molecular flexibility index (Phi) is 4.96. The molecular weight excluding hydrogens is 275 g/mol. The van der Waals surface area contributed by atoms with Gasteiger partial charge in [0.2, 0.25) is 5.03 Å². The van der Waals surface area contributed by atoms with Crippen LogP contribution in [0.5, 0.6) is 0 Å². The minimum absolute atomic E-state index is 0.0302. The van der Waals surface area contributed by atoms with Gasteiger partial charge in [-0.1, -0.05) is 13.8 Å². The third-order valence-corrected chi connectivity index (χ3v) is 3.69. The Morgan fingerprint density at radius 2 is 2.16 bits per heavy atom. The topological polar surface area (TPSA) is 96.4 Å². The van der Waals surface area contributed by atoms with Crippen LogP contribution in [-0.4, -0.2) is 30.5 Å². The zero-order valence-electron chi connectivity index (χ0n) is 10.5. The van der Waals surface area contributed by atoms with Crippen LogP contribution in [0.3, 0.4) is 0 Å². The Hall–Kier alpha value is -1.54. The van der Waals surface area contributed by atoms with E-state index in [0.717, 1.165) is 12.3 Å². The molecule has 1 rings (SSSR count). The fourth-order valence-electron chi connectivity index (χ4n) is 1.48. The van der Waals surface area contributed by atoms with Crippen molar-refractivity contribution in [1.29, 1.82) is 0 Å². The van der Waals surface area contributed by atoms with Gasteiger partial charge in [-0.25, -0.2) is 17.8 Å². The summed E-state index contributed by atoms with van der Waals surface area (Å²) in [5.41, 5.74) is 0. The second kappa shape index (κ2) is 6.07. The highest BCUT2D eigenvalue weighted by Gasteiger charge is 2.28. The number of hydrogen-bond acceptors (Lipinski definition) is 4. The number of carboxylic acid groups (broad SMARTS) is 1. The molecule has 0 aliphatic rings. The second-order valence-corrected chi connectivity index (χ2v) is 6.06. The van der Waals surface area contributed by atoms with E-state index in [1.54, 1.807) is 13.8 Å². The molecule has 0 aliphatic carbocycles. The van der Waals surface area contributed by atoms with Crippen LogP contribution < -0.4 is 4.72 Å². The Morgan fingerprint density at radius 3 is 2.63 bits per heavy atom. The summed E-state index contributed by atoms with van der Waals surface area (Å²) >= 11 is 0. The highest BCUT2D eigenvalue weighted by molar-refractivity contribution is 7.89. The van der Waals surface area contributed by atoms with E-state index in [-0.39, 0.29) is 12.3 Å². The zero-order valence-corrected chi connectivity index (χ0v) is 11.3. The van der Waals surface area contributed by atoms with Crippen molar-refractivity contribution in [1.82, 2.24) is 9.71 Å². The van der Waals surface area contributed by atoms with Gasteiger partial charge < -0.3 is 5.11 Å². The number of carboxylic acids is 1. The van der Waals surface area contributed by atoms with Gasteiger partial charge in [0.25, 0.3) is 10.0 Å². The molecule has 0 fully saturated rings. The number of rotatable bonds is 6. The molecule has 2 N–H and O–H groups in total. The molecule has 0 spiro atoms. The van der Waals surface area contributed by atoms with Crippen molar-refractivity contribution in [3.63, 3.8) is 0 Å². The largest absolute Gasteiger partial charge is 0.480 e. The molecule has 1 aromatic rings. The quantitative estimate of drug-likeness (QED) is 0.814. The summed E-state index contributed by atoms with van der Waals surface area (Å²) in [5, 5.41) is 8.16. The summed E-state index contributed by atoms with van der Waals surface area (Å²) in [4.78, 5) is 14.4. The normalized spacial score (nSPS) is 13.5. The van der Waals surface area contributed by atoms with Crippen molar-refractivity contribution in [2.75, 3.05) is 0 Å². The number of nitrogens with zero attached hydrogens (tertiary/aromatic N) is 1. The Morgan fingerprint density at radius 1 is 1.53 bits per heavy atom. The van der Waals surface area contributed by atoms with E-state index < -0.39 is 32.9 Å². The molecule has 0 saturated heterocycles. The minimum Gasteiger partial charge on any atom is -0.480 e. The fourth-order valence-corrected chi connectivity index (χ4v) is 2.69. The molecule has 0 aromatic carbocycles. The number of sulfonamides is 1. The van der Waals surface area contributed by atoms with E-state index in [0.29, 0.717) is 0 Å². The number of aromatic nitrogens is 1. The van der Waals surface area contributed by atoms with Gasteiger partial charge >= 0.3 is 5.97 Å². The van der Waals surface area contributed by atoms with Crippen molar-refractivity contribution in [2.45, 2.75) is 31.3 Å². The Balaban J connectivity index is 3.01. The summed E-state index contributed by atoms with van der Waals surface area (Å²) in [6.45, 7) is 3.51. The maximum absolute atomic E-state index is 13.4. The van der Waals surface area contributed by atoms with Crippen molar-refractivity contribution in [2.24, 2.45) is 5.92 Å². The number of carbonyl (C=O) groups is 1. The molecule has 8 heteroatoms. The fraction of sp³-hybridized carbons (Fsp3) is 0.455. The summed E-state index contributed by atoms with van der Waals surface area (Å²) in [7, 11) is -4.30. The van der Waals surface area contributed by atoms with Gasteiger partial charge in [-0.3, -0.25) is 4.79 Å². The smallest absolute Gasteiger partial charge is 0.321 e. The number of hydrogen-bond donors (Lipinski definition) is 2. The van der Waals surface area contributed by atoms with Crippen molar-refractivity contribution >= 4 is 16.0 Å². The molecule has 0 bridgehead atoms. The first-order valence-electron chi connectivity index (χ1n) is 5.59. The van der Waals surface area contributed by atoms with Gasteiger partial charge in [0.05, 0.1) is 0 Å². The molecule has 19 heavy (non-hydrogen) atoms. The van der Waals surface area contributed by atoms with Crippen LogP contribution in [-0.2, 0) is 14.8 Å². The third kappa shape index (κ3) is 4.25. The monoisotopic (exact) mass is 290 g/mol. The predicted molar refractivity (Wildman–Crippen MR) is 65.4 cm³/mol. The molecule has 0 radical (unpaired) electrons. The van der Waals surface area contributed by atoms with Gasteiger partial charge in [0, 0.05) is 6.20 Å². The summed E-state index contributed by atoms with van der Waals surface area (Å²) < 4.78 is 39.1. The Bertz CT molecular complexity index is 560. The molecular formula is C11H15FN2O4S. The molecule has 0 unspecified atom stereocenters. The summed E-state index contributed by atoms with van der Waals surface area (Å²) in [5.74, 6) is -2.37. The maximum Gasteiger partial charge on any atom is 0.321 e. The van der Waals surface area contributed by atoms with Gasteiger partial charge in [-0.15, -0.1) is 0 Å². The number of pyridine rings is 1. The lowest BCUT2D eigenvalue weighted by Gasteiger charge is -2.16. The van der Waals surface area contributed by atoms with Crippen LogP contribution in [0.4, 0.5) is 4.39 Å². The first-order valence-corrected chi connectivity index (χ1v) is 7.08. The van der Waals surface area contributed by atoms with E-state index in [2.05, 4.69) is 4.98 Å². The van der Waals surface area contributed by atoms with Crippen LogP contribution >= 0.6 is 0 Å². The van der Waals surface area contributed by atoms with Gasteiger partial charge in [0.15, 0.2) is 5.82 Å². The molecule has 0 amide bonds. The van der Waals surface area contributed by atoms with Gasteiger partial charge in [-0.2, -0.15) is 4.72 Å². The lowest BCUT2D eigenvalue weighted by molar-refractivity contribution is -0.139. The molecule has 1 aromatic heterocycles. The van der Waals surface area contributed by atoms with Gasteiger partial charge in [0.1, 0.15) is 6.04 Å². The van der Waals surface area contributed by atoms with E-state index >= 15 is 0 Å². The molecule has 6 nitrogen and oxygen atoms in total. The van der Waals surface area contributed by atoms with Crippen molar-refractivity contribution in [3.05, 3.63) is 24.1 Å². The lowest BCUT2D eigenvalue weighted by Crippen LogP contribution is -2.42. The summed E-state index contributed by atoms with van der Waals surface area (Å²) in [6.07, 6.45) is 1.22. The third-order valence-electron chi connectivity index (χ3n) is 2.28. The highest BCUT2D eigenvalue weighted by Crippen LogP contribution is 2.13. The summed E-state index contributed by atoms with van der Waals surface area (Å²) in [6, 6.07) is 0.878. The minimum atomic E-state index is -4.30. The van der Waals surface area contributed by atoms with Crippen LogP contribution in [0.1, 0.15) is 20.3 Å². The standard InChI is InChI=1S/C11H15FN2O4S/c1-7(2)6-9(11(15)16)14-19(17,18)10-8(12)4-3-5-13-10/h3-5,7,9,14H,6H2,1-2H3,(H,15,16)/t9-/m1/s1. The first-order chi connectivity index (χ1) is 8.74. The van der Waals surface area contributed by atoms with Crippen molar-refractivity contribution < 1.29 is 22.7 Å². The van der Waals surface area contributed by atoms with E-state index in [1.807, 2.05) is 4.72 Å². The van der Waals surface area contributed by atoms with E-state index in [1.165, 1.54) is 6.07 Å². The van der Waals surface area contributed by atoms with Crippen LogP contribution in [0.2, 0.25) is 0 Å². The Labute approximate surface area is 110 Å². The maximum atomic E-state index is 13.4. The van der Waals surface area contributed by atoms with Crippen LogP contribution in [0, 0.1) is 11.7 Å². The molecule has 0 aliphatic heterocycles. The average Bonchev–Trinajstić information content (AvgIpc) is 2.27. The average molecular weight is 290 g/mol. The van der Waals surface area contributed by atoms with E-state index in [9.17, 15) is 17.6 Å². The van der Waals surface area contributed by atoms with Crippen LogP contribution in [0.25, 0.3) is 0 Å². The first kappa shape index (κ1) is 15.5. The molecule has 1 atom stereocenters. The number of aliphatic carboxylic acids is 1. The highest BCUT2D eigenvalue weighted by atomic mass is 32.2. The zero-order chi connectivity index (χ0) is 14.6. The van der Waals surface area contributed by atoms with Gasteiger partial charge in [-0.05, 0) is 24.5 Å². The number of halogens is 1. The molecule has 106 valence electrons. The molecule has 0 saturated carbocycles. The van der Waals surface area contributed by atoms with Crippen molar-refractivity contribution in [3.8, 4) is 0 Å². The number of nitrogens with one attached hydrogen (secondary N) is 1. The second-order valence-electron chi connectivity index (χ2n) is 4.43.